The molecule has 0 N–H and O–H groups in total. The minimum Gasteiger partial charge on any atom is -0.117 e. The van der Waals surface area contributed by atoms with Crippen molar-refractivity contribution in [1.82, 2.24) is 0 Å². The minimum atomic E-state index is -0.0304. The monoisotopic (exact) mass is 356 g/mol. The van der Waals surface area contributed by atoms with Crippen molar-refractivity contribution in [3.63, 3.8) is 0 Å². The summed E-state index contributed by atoms with van der Waals surface area (Å²) in [6.07, 6.45) is 0.816. The van der Waals surface area contributed by atoms with Crippen molar-refractivity contribution in [2.75, 3.05) is 0 Å². The van der Waals surface area contributed by atoms with Gasteiger partial charge in [-0.3, -0.25) is 0 Å². The van der Waals surface area contributed by atoms with Gasteiger partial charge in [0.1, 0.15) is 0 Å². The van der Waals surface area contributed by atoms with Crippen LogP contribution in [0.1, 0.15) is 27.6 Å². The predicted octanol–water partition coefficient (Wildman–Crippen LogP) is 6.24. The maximum atomic E-state index is 6.56. The van der Waals surface area contributed by atoms with Crippen molar-refractivity contribution in [2.24, 2.45) is 0 Å². The highest BCUT2D eigenvalue weighted by Crippen LogP contribution is 2.31. The van der Waals surface area contributed by atoms with E-state index in [1.54, 1.807) is 0 Å². The Morgan fingerprint density at radius 3 is 2.32 bits per heavy atom. The maximum Gasteiger partial charge on any atom is 0.0628 e. The molecule has 2 aromatic carbocycles. The molecule has 0 nitrogen and oxygen atoms in total. The highest BCUT2D eigenvalue weighted by Gasteiger charge is 2.13. The molecule has 19 heavy (non-hydrogen) atoms. The van der Waals surface area contributed by atoms with Gasteiger partial charge in [0, 0.05) is 9.50 Å². The molecule has 1 atom stereocenters. The fourth-order valence-corrected chi connectivity index (χ4v) is 2.97. The molecule has 100 valence electrons. The van der Waals surface area contributed by atoms with Crippen molar-refractivity contribution in [2.45, 2.75) is 25.6 Å². The fraction of sp³-hybridized carbons (Fsp3) is 0.250. The molecular formula is C16H15BrCl2. The van der Waals surface area contributed by atoms with Crippen LogP contribution in [0.15, 0.2) is 40.9 Å². The van der Waals surface area contributed by atoms with E-state index in [4.69, 9.17) is 23.2 Å². The fourth-order valence-electron chi connectivity index (χ4n) is 2.08. The third-order valence-corrected chi connectivity index (χ3v) is 4.54. The first-order chi connectivity index (χ1) is 8.97. The van der Waals surface area contributed by atoms with E-state index in [1.807, 2.05) is 25.1 Å². The number of aryl methyl sites for hydroxylation is 2. The Balaban J connectivity index is 2.22. The molecule has 0 heterocycles. The molecule has 0 spiro atoms. The molecule has 1 unspecified atom stereocenters. The summed E-state index contributed by atoms with van der Waals surface area (Å²) in [6, 6.07) is 12.4. The molecular weight excluding hydrogens is 343 g/mol. The molecule has 0 aromatic heterocycles. The van der Waals surface area contributed by atoms with E-state index in [9.17, 15) is 0 Å². The van der Waals surface area contributed by atoms with Gasteiger partial charge in [-0.15, -0.1) is 11.6 Å². The molecule has 2 aromatic rings. The highest BCUT2D eigenvalue weighted by atomic mass is 79.9. The first-order valence-corrected chi connectivity index (χ1v) is 7.73. The molecule has 0 bridgehead atoms. The van der Waals surface area contributed by atoms with E-state index in [-0.39, 0.29) is 5.38 Å². The van der Waals surface area contributed by atoms with Gasteiger partial charge >= 0.3 is 0 Å². The van der Waals surface area contributed by atoms with Gasteiger partial charge in [0.2, 0.25) is 0 Å². The molecule has 0 aliphatic rings. The summed E-state index contributed by atoms with van der Waals surface area (Å²) < 4.78 is 1.08. The van der Waals surface area contributed by atoms with Gasteiger partial charge in [0.05, 0.1) is 5.38 Å². The molecule has 0 fully saturated rings. The van der Waals surface area contributed by atoms with Crippen LogP contribution in [-0.4, -0.2) is 0 Å². The van der Waals surface area contributed by atoms with Crippen molar-refractivity contribution in [3.8, 4) is 0 Å². The van der Waals surface area contributed by atoms with Crippen molar-refractivity contribution in [3.05, 3.63) is 68.1 Å². The van der Waals surface area contributed by atoms with Gasteiger partial charge in [-0.2, -0.15) is 0 Å². The summed E-state index contributed by atoms with van der Waals surface area (Å²) in [5.41, 5.74) is 4.61. The van der Waals surface area contributed by atoms with Gasteiger partial charge in [0.15, 0.2) is 0 Å². The lowest BCUT2D eigenvalue weighted by atomic mass is 9.98. The third kappa shape index (κ3) is 3.75. The second-order valence-corrected chi connectivity index (χ2v) is 6.61. The van der Waals surface area contributed by atoms with Gasteiger partial charge in [0.25, 0.3) is 0 Å². The van der Waals surface area contributed by atoms with E-state index in [2.05, 4.69) is 41.1 Å². The van der Waals surface area contributed by atoms with Crippen LogP contribution in [0.25, 0.3) is 0 Å². The topological polar surface area (TPSA) is 0 Å². The Labute approximate surface area is 132 Å². The summed E-state index contributed by atoms with van der Waals surface area (Å²) >= 11 is 16.1. The van der Waals surface area contributed by atoms with E-state index < -0.39 is 0 Å². The average Bonchev–Trinajstić information content (AvgIpc) is 2.36. The number of benzene rings is 2. The normalized spacial score (nSPS) is 12.5. The molecule has 0 amide bonds. The number of rotatable bonds is 3. The molecule has 2 rings (SSSR count). The molecule has 3 heteroatoms. The summed E-state index contributed by atoms with van der Waals surface area (Å²) in [4.78, 5) is 0. The second-order valence-electron chi connectivity index (χ2n) is 4.76. The maximum absolute atomic E-state index is 6.56. The Morgan fingerprint density at radius 2 is 1.68 bits per heavy atom. The Kier molecular flexibility index (Phi) is 4.94. The predicted molar refractivity (Wildman–Crippen MR) is 87.4 cm³/mol. The Bertz CT molecular complexity index is 576. The molecule has 0 radical (unpaired) electrons. The SMILES string of the molecule is Cc1cc(C(Cl)Cc2ccc(Br)cc2)c(C)cc1Cl. The van der Waals surface area contributed by atoms with Crippen molar-refractivity contribution >= 4 is 39.1 Å². The second kappa shape index (κ2) is 6.30. The van der Waals surface area contributed by atoms with Gasteiger partial charge in [-0.25, -0.2) is 0 Å². The summed E-state index contributed by atoms with van der Waals surface area (Å²) in [5.74, 6) is 0. The lowest BCUT2D eigenvalue weighted by Gasteiger charge is -2.15. The summed E-state index contributed by atoms with van der Waals surface area (Å²) in [5, 5.41) is 0.769. The number of halogens is 3. The zero-order chi connectivity index (χ0) is 14.0. The number of hydrogen-bond acceptors (Lipinski definition) is 0. The largest absolute Gasteiger partial charge is 0.117 e. The average molecular weight is 358 g/mol. The standard InChI is InChI=1S/C16H15BrCl2/c1-10-8-15(18)11(2)7-14(10)16(19)9-12-3-5-13(17)6-4-12/h3-8,16H,9H2,1-2H3. The van der Waals surface area contributed by atoms with E-state index in [0.717, 1.165) is 32.6 Å². The quantitative estimate of drug-likeness (QED) is 0.570. The van der Waals surface area contributed by atoms with Gasteiger partial charge in [-0.1, -0.05) is 45.7 Å². The zero-order valence-electron chi connectivity index (χ0n) is 10.9. The summed E-state index contributed by atoms with van der Waals surface area (Å²) in [7, 11) is 0. The first-order valence-electron chi connectivity index (χ1n) is 6.12. The van der Waals surface area contributed by atoms with Crippen LogP contribution in [0, 0.1) is 13.8 Å². The van der Waals surface area contributed by atoms with E-state index >= 15 is 0 Å². The van der Waals surface area contributed by atoms with Crippen molar-refractivity contribution in [1.29, 1.82) is 0 Å². The van der Waals surface area contributed by atoms with Crippen LogP contribution in [0.3, 0.4) is 0 Å². The molecule has 0 aliphatic carbocycles. The first kappa shape index (κ1) is 14.9. The lowest BCUT2D eigenvalue weighted by Crippen LogP contribution is -1.99. The van der Waals surface area contributed by atoms with Crippen LogP contribution in [0.5, 0.6) is 0 Å². The molecule has 0 saturated carbocycles. The van der Waals surface area contributed by atoms with Crippen LogP contribution in [0.4, 0.5) is 0 Å². The minimum absolute atomic E-state index is 0.0304. The van der Waals surface area contributed by atoms with Gasteiger partial charge < -0.3 is 0 Å². The smallest absolute Gasteiger partial charge is 0.0628 e. The Morgan fingerprint density at radius 1 is 1.05 bits per heavy atom. The van der Waals surface area contributed by atoms with Crippen LogP contribution in [0.2, 0.25) is 5.02 Å². The lowest BCUT2D eigenvalue weighted by molar-refractivity contribution is 0.907. The molecule has 0 aliphatic heterocycles. The van der Waals surface area contributed by atoms with Crippen LogP contribution >= 0.6 is 39.1 Å². The number of hydrogen-bond donors (Lipinski definition) is 0. The van der Waals surface area contributed by atoms with E-state index in [1.165, 1.54) is 5.56 Å². The molecule has 0 saturated heterocycles. The highest BCUT2D eigenvalue weighted by molar-refractivity contribution is 9.10. The van der Waals surface area contributed by atoms with Crippen LogP contribution < -0.4 is 0 Å². The summed E-state index contributed by atoms with van der Waals surface area (Å²) in [6.45, 7) is 4.06. The zero-order valence-corrected chi connectivity index (χ0v) is 14.0. The Hall–Kier alpha value is -0.500. The number of alkyl halides is 1. The third-order valence-electron chi connectivity index (χ3n) is 3.21. The van der Waals surface area contributed by atoms with Gasteiger partial charge in [-0.05, 0) is 60.7 Å². The van der Waals surface area contributed by atoms with Crippen molar-refractivity contribution < 1.29 is 0 Å². The van der Waals surface area contributed by atoms with Crippen LogP contribution in [-0.2, 0) is 6.42 Å². The van der Waals surface area contributed by atoms with E-state index in [0.29, 0.717) is 0 Å².